The quantitative estimate of drug-likeness (QED) is 0.867. The summed E-state index contributed by atoms with van der Waals surface area (Å²) in [7, 11) is 1.84. The van der Waals surface area contributed by atoms with Crippen molar-refractivity contribution in [1.29, 1.82) is 0 Å². The largest absolute Gasteiger partial charge is 0.481 e. The molecule has 1 N–H and O–H groups in total. The fraction of sp³-hybridized carbons (Fsp3) is 0.500. The van der Waals surface area contributed by atoms with Crippen molar-refractivity contribution in [2.24, 2.45) is 18.9 Å². The number of aliphatic carboxylic acids is 1. The van der Waals surface area contributed by atoms with Crippen molar-refractivity contribution >= 4 is 22.8 Å². The number of nitrogens with zero attached hydrogens (tertiary/aromatic N) is 5. The Labute approximate surface area is 109 Å². The van der Waals surface area contributed by atoms with Crippen LogP contribution in [0.5, 0.6) is 0 Å². The molecule has 0 spiro atoms. The molecular weight excluding hydrogens is 246 g/mol. The van der Waals surface area contributed by atoms with E-state index in [2.05, 4.69) is 20.0 Å². The molecule has 0 aromatic carbocycles. The first-order valence-corrected chi connectivity index (χ1v) is 6.18. The number of hydrogen-bond acceptors (Lipinski definition) is 5. The van der Waals surface area contributed by atoms with Crippen LogP contribution < -0.4 is 4.90 Å². The zero-order chi connectivity index (χ0) is 13.6. The summed E-state index contributed by atoms with van der Waals surface area (Å²) in [6.45, 7) is 3.19. The second-order valence-corrected chi connectivity index (χ2v) is 4.99. The molecule has 7 nitrogen and oxygen atoms in total. The van der Waals surface area contributed by atoms with Crippen molar-refractivity contribution in [2.45, 2.75) is 6.92 Å². The van der Waals surface area contributed by atoms with Gasteiger partial charge in [-0.3, -0.25) is 9.48 Å². The van der Waals surface area contributed by atoms with E-state index < -0.39 is 5.97 Å². The highest BCUT2D eigenvalue weighted by atomic mass is 16.4. The third-order valence-electron chi connectivity index (χ3n) is 3.81. The van der Waals surface area contributed by atoms with E-state index in [1.807, 2.05) is 7.05 Å². The van der Waals surface area contributed by atoms with Crippen molar-refractivity contribution in [3.63, 3.8) is 0 Å². The Morgan fingerprint density at radius 1 is 1.47 bits per heavy atom. The van der Waals surface area contributed by atoms with Gasteiger partial charge in [0, 0.05) is 26.1 Å². The van der Waals surface area contributed by atoms with E-state index in [0.717, 1.165) is 16.9 Å². The van der Waals surface area contributed by atoms with Crippen LogP contribution >= 0.6 is 0 Å². The summed E-state index contributed by atoms with van der Waals surface area (Å²) >= 11 is 0. The average molecular weight is 261 g/mol. The molecule has 0 saturated carbocycles. The van der Waals surface area contributed by atoms with Crippen LogP contribution in [0.2, 0.25) is 0 Å². The van der Waals surface area contributed by atoms with E-state index in [1.54, 1.807) is 17.8 Å². The van der Waals surface area contributed by atoms with Gasteiger partial charge in [-0.2, -0.15) is 5.10 Å². The van der Waals surface area contributed by atoms with Crippen LogP contribution in [0.3, 0.4) is 0 Å². The van der Waals surface area contributed by atoms with E-state index in [-0.39, 0.29) is 11.8 Å². The van der Waals surface area contributed by atoms with Gasteiger partial charge in [0.1, 0.15) is 12.1 Å². The van der Waals surface area contributed by atoms with Gasteiger partial charge < -0.3 is 10.0 Å². The first-order valence-electron chi connectivity index (χ1n) is 6.18. The lowest BCUT2D eigenvalue weighted by Crippen LogP contribution is -2.51. The molecule has 1 aliphatic heterocycles. The Morgan fingerprint density at radius 2 is 2.21 bits per heavy atom. The van der Waals surface area contributed by atoms with Gasteiger partial charge in [-0.25, -0.2) is 9.97 Å². The van der Waals surface area contributed by atoms with Crippen molar-refractivity contribution < 1.29 is 9.90 Å². The van der Waals surface area contributed by atoms with Crippen LogP contribution in [0.1, 0.15) is 6.92 Å². The first kappa shape index (κ1) is 11.9. The molecule has 0 bridgehead atoms. The molecule has 100 valence electrons. The Kier molecular flexibility index (Phi) is 2.62. The number of carboxylic acids is 1. The van der Waals surface area contributed by atoms with Crippen LogP contribution in [0.25, 0.3) is 11.0 Å². The number of carboxylic acid groups (broad SMARTS) is 1. The summed E-state index contributed by atoms with van der Waals surface area (Å²) in [6, 6.07) is 0. The predicted octanol–water partition coefficient (Wildman–Crippen LogP) is 0.520. The van der Waals surface area contributed by atoms with Gasteiger partial charge in [-0.1, -0.05) is 6.92 Å². The van der Waals surface area contributed by atoms with E-state index in [0.29, 0.717) is 13.1 Å². The molecule has 7 heteroatoms. The minimum absolute atomic E-state index is 0.180. The van der Waals surface area contributed by atoms with Crippen LogP contribution in [0, 0.1) is 11.8 Å². The minimum atomic E-state index is -0.737. The maximum Gasteiger partial charge on any atom is 0.306 e. The Morgan fingerprint density at radius 3 is 2.89 bits per heavy atom. The van der Waals surface area contributed by atoms with Gasteiger partial charge in [0.2, 0.25) is 0 Å². The highest BCUT2D eigenvalue weighted by Crippen LogP contribution is 2.31. The average Bonchev–Trinajstić information content (AvgIpc) is 2.70. The molecule has 3 rings (SSSR count). The zero-order valence-electron chi connectivity index (χ0n) is 10.8. The summed E-state index contributed by atoms with van der Waals surface area (Å²) in [5, 5.41) is 14.1. The predicted molar refractivity (Wildman–Crippen MR) is 68.8 cm³/mol. The van der Waals surface area contributed by atoms with Gasteiger partial charge >= 0.3 is 5.97 Å². The standard InChI is InChI=1S/C12H15N5O2/c1-7(12(18)19)8-4-17(5-8)11-9-3-15-16(2)10(9)13-6-14-11/h3,6-8H,4-5H2,1-2H3,(H,18,19). The van der Waals surface area contributed by atoms with Gasteiger partial charge in [-0.05, 0) is 0 Å². The molecule has 1 unspecified atom stereocenters. The molecule has 0 amide bonds. The lowest BCUT2D eigenvalue weighted by molar-refractivity contribution is -0.143. The molecule has 1 fully saturated rings. The fourth-order valence-electron chi connectivity index (χ4n) is 2.41. The van der Waals surface area contributed by atoms with Crippen molar-refractivity contribution in [1.82, 2.24) is 19.7 Å². The third kappa shape index (κ3) is 1.81. The lowest BCUT2D eigenvalue weighted by Gasteiger charge is -2.42. The van der Waals surface area contributed by atoms with Crippen molar-refractivity contribution in [2.75, 3.05) is 18.0 Å². The van der Waals surface area contributed by atoms with Crippen molar-refractivity contribution in [3.05, 3.63) is 12.5 Å². The number of aromatic nitrogens is 4. The highest BCUT2D eigenvalue weighted by Gasteiger charge is 2.36. The molecule has 1 saturated heterocycles. The molecular formula is C12H15N5O2. The lowest BCUT2D eigenvalue weighted by atomic mass is 9.87. The highest BCUT2D eigenvalue weighted by molar-refractivity contribution is 5.87. The molecule has 2 aromatic rings. The number of fused-ring (bicyclic) bond motifs is 1. The number of hydrogen-bond donors (Lipinski definition) is 1. The molecule has 1 aliphatic rings. The molecule has 1 atom stereocenters. The maximum absolute atomic E-state index is 10.9. The van der Waals surface area contributed by atoms with Crippen LogP contribution in [0.15, 0.2) is 12.5 Å². The zero-order valence-corrected chi connectivity index (χ0v) is 10.8. The number of carbonyl (C=O) groups is 1. The Balaban J connectivity index is 1.82. The maximum atomic E-state index is 10.9. The summed E-state index contributed by atoms with van der Waals surface area (Å²) in [5.41, 5.74) is 0.791. The van der Waals surface area contributed by atoms with Gasteiger partial charge in [0.05, 0.1) is 17.5 Å². The molecule has 2 aromatic heterocycles. The fourth-order valence-corrected chi connectivity index (χ4v) is 2.41. The second kappa shape index (κ2) is 4.18. The number of rotatable bonds is 3. The summed E-state index contributed by atoms with van der Waals surface area (Å²) < 4.78 is 1.71. The van der Waals surface area contributed by atoms with Gasteiger partial charge in [-0.15, -0.1) is 0 Å². The summed E-state index contributed by atoms with van der Waals surface area (Å²) in [5.74, 6) is -0.0348. The Bertz CT molecular complexity index is 632. The third-order valence-corrected chi connectivity index (χ3v) is 3.81. The van der Waals surface area contributed by atoms with Crippen LogP contribution in [-0.4, -0.2) is 43.9 Å². The number of anilines is 1. The van der Waals surface area contributed by atoms with Gasteiger partial charge in [0.15, 0.2) is 5.65 Å². The number of aryl methyl sites for hydroxylation is 1. The summed E-state index contributed by atoms with van der Waals surface area (Å²) in [6.07, 6.45) is 3.27. The second-order valence-electron chi connectivity index (χ2n) is 4.99. The molecule has 0 aliphatic carbocycles. The smallest absolute Gasteiger partial charge is 0.306 e. The van der Waals surface area contributed by atoms with E-state index in [9.17, 15) is 4.79 Å². The summed E-state index contributed by atoms with van der Waals surface area (Å²) in [4.78, 5) is 21.5. The minimum Gasteiger partial charge on any atom is -0.481 e. The van der Waals surface area contributed by atoms with Gasteiger partial charge in [0.25, 0.3) is 0 Å². The van der Waals surface area contributed by atoms with E-state index in [1.165, 1.54) is 6.33 Å². The van der Waals surface area contributed by atoms with E-state index >= 15 is 0 Å². The van der Waals surface area contributed by atoms with Crippen LogP contribution in [0.4, 0.5) is 5.82 Å². The normalized spacial score (nSPS) is 17.5. The SMILES string of the molecule is CC(C(=O)O)C1CN(c2ncnc3c2cnn3C)C1. The van der Waals surface area contributed by atoms with Crippen molar-refractivity contribution in [3.8, 4) is 0 Å². The topological polar surface area (TPSA) is 84.1 Å². The molecule has 3 heterocycles. The monoisotopic (exact) mass is 261 g/mol. The molecule has 0 radical (unpaired) electrons. The Hall–Kier alpha value is -2.18. The van der Waals surface area contributed by atoms with E-state index in [4.69, 9.17) is 5.11 Å². The molecule has 19 heavy (non-hydrogen) atoms. The van der Waals surface area contributed by atoms with Crippen LogP contribution in [-0.2, 0) is 11.8 Å². The first-order chi connectivity index (χ1) is 9.08.